The standard InChI is InChI=1S/C13H13F2N3/c1-18(2)11-7-8(5-6-17-11)9-3-4-10(14)13(16)12(9)15/h3-7H,16H2,1-2H3. The van der Waals surface area contributed by atoms with Gasteiger partial charge in [0.2, 0.25) is 0 Å². The molecule has 0 unspecified atom stereocenters. The van der Waals surface area contributed by atoms with Gasteiger partial charge in [-0.15, -0.1) is 0 Å². The lowest BCUT2D eigenvalue weighted by atomic mass is 10.1. The van der Waals surface area contributed by atoms with Crippen LogP contribution in [0.5, 0.6) is 0 Å². The van der Waals surface area contributed by atoms with Crippen molar-refractivity contribution in [1.82, 2.24) is 4.98 Å². The molecule has 0 saturated carbocycles. The van der Waals surface area contributed by atoms with E-state index < -0.39 is 17.3 Å². The van der Waals surface area contributed by atoms with Gasteiger partial charge in [-0.05, 0) is 29.8 Å². The highest BCUT2D eigenvalue weighted by atomic mass is 19.1. The average Bonchev–Trinajstić information content (AvgIpc) is 2.36. The first kappa shape index (κ1) is 12.3. The molecule has 0 aliphatic carbocycles. The SMILES string of the molecule is CN(C)c1cc(-c2ccc(F)c(N)c2F)ccn1. The van der Waals surface area contributed by atoms with Crippen LogP contribution in [-0.4, -0.2) is 19.1 Å². The van der Waals surface area contributed by atoms with E-state index in [9.17, 15) is 8.78 Å². The minimum Gasteiger partial charge on any atom is -0.394 e. The van der Waals surface area contributed by atoms with Crippen molar-refractivity contribution in [2.45, 2.75) is 0 Å². The van der Waals surface area contributed by atoms with E-state index in [0.29, 0.717) is 11.4 Å². The van der Waals surface area contributed by atoms with Crippen molar-refractivity contribution in [2.75, 3.05) is 24.7 Å². The van der Waals surface area contributed by atoms with Crippen molar-refractivity contribution < 1.29 is 8.78 Å². The molecule has 1 aromatic heterocycles. The zero-order valence-corrected chi connectivity index (χ0v) is 10.1. The van der Waals surface area contributed by atoms with Gasteiger partial charge in [-0.1, -0.05) is 0 Å². The molecule has 0 atom stereocenters. The molecule has 0 spiro atoms. The number of nitrogen functional groups attached to an aromatic ring is 1. The number of nitrogens with two attached hydrogens (primary N) is 1. The van der Waals surface area contributed by atoms with Crippen molar-refractivity contribution in [3.05, 3.63) is 42.1 Å². The number of aromatic nitrogens is 1. The molecule has 0 fully saturated rings. The lowest BCUT2D eigenvalue weighted by molar-refractivity contribution is 0.594. The highest BCUT2D eigenvalue weighted by molar-refractivity contribution is 5.70. The van der Waals surface area contributed by atoms with Gasteiger partial charge in [-0.2, -0.15) is 0 Å². The molecule has 0 amide bonds. The van der Waals surface area contributed by atoms with Gasteiger partial charge in [-0.25, -0.2) is 13.8 Å². The summed E-state index contributed by atoms with van der Waals surface area (Å²) in [4.78, 5) is 5.93. The van der Waals surface area contributed by atoms with Crippen LogP contribution in [0.2, 0.25) is 0 Å². The summed E-state index contributed by atoms with van der Waals surface area (Å²) in [6.07, 6.45) is 1.57. The third-order valence-electron chi connectivity index (χ3n) is 2.64. The summed E-state index contributed by atoms with van der Waals surface area (Å²) in [6, 6.07) is 5.90. The van der Waals surface area contributed by atoms with Crippen LogP contribution in [0.3, 0.4) is 0 Å². The molecule has 2 aromatic rings. The van der Waals surface area contributed by atoms with Crippen LogP contribution in [-0.2, 0) is 0 Å². The highest BCUT2D eigenvalue weighted by Crippen LogP contribution is 2.29. The van der Waals surface area contributed by atoms with E-state index in [4.69, 9.17) is 5.73 Å². The second kappa shape index (κ2) is 4.60. The molecule has 0 aliphatic heterocycles. The van der Waals surface area contributed by atoms with Gasteiger partial charge in [0.25, 0.3) is 0 Å². The fourth-order valence-electron chi connectivity index (χ4n) is 1.62. The molecule has 0 bridgehead atoms. The topological polar surface area (TPSA) is 42.1 Å². The van der Waals surface area contributed by atoms with Crippen molar-refractivity contribution in [3.63, 3.8) is 0 Å². The maximum absolute atomic E-state index is 13.9. The van der Waals surface area contributed by atoms with Gasteiger partial charge in [0.15, 0.2) is 5.82 Å². The second-order valence-corrected chi connectivity index (χ2v) is 4.12. The van der Waals surface area contributed by atoms with Gasteiger partial charge in [0.1, 0.15) is 17.3 Å². The van der Waals surface area contributed by atoms with E-state index in [-0.39, 0.29) is 5.56 Å². The molecule has 0 saturated heterocycles. The minimum atomic E-state index is -0.752. The number of halogens is 2. The van der Waals surface area contributed by atoms with Crippen LogP contribution in [0.4, 0.5) is 20.3 Å². The maximum Gasteiger partial charge on any atom is 0.156 e. The number of pyridine rings is 1. The quantitative estimate of drug-likeness (QED) is 0.832. The first-order valence-electron chi connectivity index (χ1n) is 5.38. The number of anilines is 2. The zero-order chi connectivity index (χ0) is 13.3. The van der Waals surface area contributed by atoms with Crippen LogP contribution in [0.15, 0.2) is 30.5 Å². The minimum absolute atomic E-state index is 0.263. The van der Waals surface area contributed by atoms with E-state index in [2.05, 4.69) is 4.98 Å². The monoisotopic (exact) mass is 249 g/mol. The molecule has 94 valence electrons. The molecule has 2 rings (SSSR count). The first-order chi connectivity index (χ1) is 8.50. The Balaban J connectivity index is 2.55. The van der Waals surface area contributed by atoms with Crippen molar-refractivity contribution in [3.8, 4) is 11.1 Å². The molecular weight excluding hydrogens is 236 g/mol. The van der Waals surface area contributed by atoms with E-state index >= 15 is 0 Å². The molecule has 18 heavy (non-hydrogen) atoms. The second-order valence-electron chi connectivity index (χ2n) is 4.12. The predicted octanol–water partition coefficient (Wildman–Crippen LogP) is 2.67. The van der Waals surface area contributed by atoms with Gasteiger partial charge >= 0.3 is 0 Å². The third kappa shape index (κ3) is 2.11. The zero-order valence-electron chi connectivity index (χ0n) is 10.1. The summed E-state index contributed by atoms with van der Waals surface area (Å²) in [5.74, 6) is -0.807. The van der Waals surface area contributed by atoms with Crippen LogP contribution in [0.1, 0.15) is 0 Å². The summed E-state index contributed by atoms with van der Waals surface area (Å²) in [6.45, 7) is 0. The highest BCUT2D eigenvalue weighted by Gasteiger charge is 2.12. The van der Waals surface area contributed by atoms with Crippen molar-refractivity contribution in [2.24, 2.45) is 0 Å². The smallest absolute Gasteiger partial charge is 0.156 e. The summed E-state index contributed by atoms with van der Waals surface area (Å²) in [7, 11) is 3.67. The number of hydrogen-bond acceptors (Lipinski definition) is 3. The first-order valence-corrected chi connectivity index (χ1v) is 5.38. The fraction of sp³-hybridized carbons (Fsp3) is 0.154. The van der Waals surface area contributed by atoms with Crippen molar-refractivity contribution >= 4 is 11.5 Å². The van der Waals surface area contributed by atoms with Crippen LogP contribution in [0, 0.1) is 11.6 Å². The molecule has 0 aliphatic rings. The normalized spacial score (nSPS) is 10.4. The van der Waals surface area contributed by atoms with Gasteiger partial charge < -0.3 is 10.6 Å². The van der Waals surface area contributed by atoms with Gasteiger partial charge in [0.05, 0.1) is 0 Å². The number of benzene rings is 1. The number of rotatable bonds is 2. The molecule has 0 radical (unpaired) electrons. The summed E-state index contributed by atoms with van der Waals surface area (Å²) >= 11 is 0. The third-order valence-corrected chi connectivity index (χ3v) is 2.64. The fourth-order valence-corrected chi connectivity index (χ4v) is 1.62. The number of nitrogens with zero attached hydrogens (tertiary/aromatic N) is 2. The summed E-state index contributed by atoms with van der Waals surface area (Å²) in [5, 5.41) is 0. The van der Waals surface area contributed by atoms with Gasteiger partial charge in [0, 0.05) is 25.9 Å². The molecule has 2 N–H and O–H groups in total. The largest absolute Gasteiger partial charge is 0.394 e. The van der Waals surface area contributed by atoms with E-state index in [0.717, 1.165) is 6.07 Å². The Morgan fingerprint density at radius 3 is 2.56 bits per heavy atom. The predicted molar refractivity (Wildman–Crippen MR) is 68.3 cm³/mol. The molecule has 1 aromatic carbocycles. The Hall–Kier alpha value is -2.17. The van der Waals surface area contributed by atoms with Crippen LogP contribution in [0.25, 0.3) is 11.1 Å². The maximum atomic E-state index is 13.9. The summed E-state index contributed by atoms with van der Waals surface area (Å²) in [5.41, 5.74) is 5.75. The van der Waals surface area contributed by atoms with Crippen LogP contribution >= 0.6 is 0 Å². The van der Waals surface area contributed by atoms with Gasteiger partial charge in [-0.3, -0.25) is 0 Å². The Labute approximate surface area is 104 Å². The lowest BCUT2D eigenvalue weighted by Gasteiger charge is -2.13. The molecule has 1 heterocycles. The molecular formula is C13H13F2N3. The Bertz CT molecular complexity index is 582. The lowest BCUT2D eigenvalue weighted by Crippen LogP contribution is -2.10. The average molecular weight is 249 g/mol. The number of hydrogen-bond donors (Lipinski definition) is 1. The Kier molecular flexibility index (Phi) is 3.14. The Morgan fingerprint density at radius 1 is 1.17 bits per heavy atom. The van der Waals surface area contributed by atoms with E-state index in [1.807, 2.05) is 14.1 Å². The summed E-state index contributed by atoms with van der Waals surface area (Å²) < 4.78 is 27.0. The molecule has 5 heteroatoms. The van der Waals surface area contributed by atoms with Crippen molar-refractivity contribution in [1.29, 1.82) is 0 Å². The van der Waals surface area contributed by atoms with E-state index in [1.54, 1.807) is 23.2 Å². The Morgan fingerprint density at radius 2 is 1.89 bits per heavy atom. The van der Waals surface area contributed by atoms with E-state index in [1.165, 1.54) is 6.07 Å². The van der Waals surface area contributed by atoms with Crippen LogP contribution < -0.4 is 10.6 Å². The molecule has 3 nitrogen and oxygen atoms in total.